The number of pyridine rings is 1. The summed E-state index contributed by atoms with van der Waals surface area (Å²) in [5, 5.41) is 5.14. The second-order valence-corrected chi connectivity index (χ2v) is 4.52. The van der Waals surface area contributed by atoms with Gasteiger partial charge in [0, 0.05) is 6.20 Å². The number of nitrogens with one attached hydrogen (secondary N) is 2. The average Bonchev–Trinajstić information content (AvgIpc) is 2.55. The van der Waals surface area contributed by atoms with Gasteiger partial charge in [0.1, 0.15) is 5.76 Å². The van der Waals surface area contributed by atoms with E-state index in [0.717, 1.165) is 0 Å². The lowest BCUT2D eigenvalue weighted by Crippen LogP contribution is -2.44. The fourth-order valence-electron chi connectivity index (χ4n) is 2.12. The van der Waals surface area contributed by atoms with E-state index in [1.54, 1.807) is 13.0 Å². The van der Waals surface area contributed by atoms with Crippen molar-refractivity contribution < 1.29 is 14.3 Å². The third-order valence-electron chi connectivity index (χ3n) is 2.82. The summed E-state index contributed by atoms with van der Waals surface area (Å²) in [5.41, 5.74) is -0.865. The molecule has 18 heavy (non-hydrogen) atoms. The first-order chi connectivity index (χ1) is 8.51. The predicted molar refractivity (Wildman–Crippen MR) is 62.0 cm³/mol. The topological polar surface area (TPSA) is 80.3 Å². The molecule has 92 valence electrons. The van der Waals surface area contributed by atoms with Gasteiger partial charge in [-0.25, -0.2) is 9.78 Å². The summed E-state index contributed by atoms with van der Waals surface area (Å²) in [7, 11) is 0. The van der Waals surface area contributed by atoms with E-state index in [9.17, 15) is 9.59 Å². The Labute approximate surface area is 107 Å². The number of aromatic nitrogens is 1. The van der Waals surface area contributed by atoms with E-state index in [-0.39, 0.29) is 5.88 Å². The first kappa shape index (κ1) is 11.0. The molecule has 0 aliphatic carbocycles. The van der Waals surface area contributed by atoms with Crippen molar-refractivity contribution in [3.63, 3.8) is 0 Å². The number of fused-ring (bicyclic) bond motifs is 2. The maximum atomic E-state index is 12.0. The zero-order chi connectivity index (χ0) is 12.9. The largest absolute Gasteiger partial charge is 0.444 e. The molecule has 1 aromatic rings. The summed E-state index contributed by atoms with van der Waals surface area (Å²) in [6.07, 6.45) is 2.95. The number of urea groups is 1. The number of imide groups is 1. The van der Waals surface area contributed by atoms with Crippen molar-refractivity contribution >= 4 is 23.5 Å². The smallest absolute Gasteiger partial charge is 0.322 e. The molecule has 0 radical (unpaired) electrons. The molecule has 1 fully saturated rings. The number of rotatable bonds is 0. The summed E-state index contributed by atoms with van der Waals surface area (Å²) in [6.45, 7) is 1.68. The van der Waals surface area contributed by atoms with Gasteiger partial charge in [-0.05, 0) is 19.1 Å². The van der Waals surface area contributed by atoms with Gasteiger partial charge in [-0.3, -0.25) is 10.1 Å². The maximum absolute atomic E-state index is 12.0. The van der Waals surface area contributed by atoms with Gasteiger partial charge in [0.15, 0.2) is 5.54 Å². The highest BCUT2D eigenvalue weighted by Crippen LogP contribution is 2.38. The molecule has 2 aliphatic heterocycles. The van der Waals surface area contributed by atoms with Gasteiger partial charge < -0.3 is 10.1 Å². The lowest BCUT2D eigenvalue weighted by Gasteiger charge is -2.29. The zero-order valence-electron chi connectivity index (χ0n) is 9.28. The van der Waals surface area contributed by atoms with Gasteiger partial charge in [-0.1, -0.05) is 11.6 Å². The molecule has 0 bridgehead atoms. The van der Waals surface area contributed by atoms with Crippen LogP contribution in [0.15, 0.2) is 24.1 Å². The van der Waals surface area contributed by atoms with Crippen LogP contribution >= 0.6 is 11.6 Å². The normalized spacial score (nSPS) is 25.1. The molecule has 1 unspecified atom stereocenters. The Morgan fingerprint density at radius 3 is 2.89 bits per heavy atom. The van der Waals surface area contributed by atoms with Crippen molar-refractivity contribution in [2.24, 2.45) is 0 Å². The lowest BCUT2D eigenvalue weighted by atomic mass is 9.88. The number of amides is 3. The van der Waals surface area contributed by atoms with E-state index in [4.69, 9.17) is 16.3 Å². The maximum Gasteiger partial charge on any atom is 0.322 e. The minimum Gasteiger partial charge on any atom is -0.444 e. The number of nitrogens with zero attached hydrogens (tertiary/aromatic N) is 1. The van der Waals surface area contributed by atoms with E-state index in [1.165, 1.54) is 12.3 Å². The predicted octanol–water partition coefficient (Wildman–Crippen LogP) is 1.07. The van der Waals surface area contributed by atoms with E-state index in [2.05, 4.69) is 15.6 Å². The quantitative estimate of drug-likeness (QED) is 0.688. The van der Waals surface area contributed by atoms with Crippen molar-refractivity contribution in [2.75, 3.05) is 0 Å². The summed E-state index contributed by atoms with van der Waals surface area (Å²) < 4.78 is 5.42. The Balaban J connectivity index is 2.26. The third kappa shape index (κ3) is 1.39. The molecule has 0 aromatic carbocycles. The molecule has 3 rings (SSSR count). The molecular weight excluding hydrogens is 258 g/mol. The minimum absolute atomic E-state index is 0.261. The van der Waals surface area contributed by atoms with E-state index in [0.29, 0.717) is 16.3 Å². The van der Waals surface area contributed by atoms with Crippen LogP contribution in [-0.4, -0.2) is 16.9 Å². The van der Waals surface area contributed by atoms with Crippen LogP contribution in [0, 0.1) is 0 Å². The van der Waals surface area contributed by atoms with Gasteiger partial charge in [0.2, 0.25) is 5.88 Å². The highest BCUT2D eigenvalue weighted by molar-refractivity contribution is 6.30. The zero-order valence-corrected chi connectivity index (χ0v) is 10.0. The highest BCUT2D eigenvalue weighted by Gasteiger charge is 2.50. The Morgan fingerprint density at radius 1 is 1.44 bits per heavy atom. The molecule has 1 saturated heterocycles. The van der Waals surface area contributed by atoms with E-state index in [1.807, 2.05) is 0 Å². The van der Waals surface area contributed by atoms with Gasteiger partial charge in [-0.15, -0.1) is 0 Å². The average molecular weight is 266 g/mol. The third-order valence-corrected chi connectivity index (χ3v) is 3.02. The van der Waals surface area contributed by atoms with Crippen molar-refractivity contribution in [2.45, 2.75) is 12.5 Å². The number of carbonyl (C=O) groups excluding carboxylic acids is 2. The first-order valence-corrected chi connectivity index (χ1v) is 5.56. The Kier molecular flexibility index (Phi) is 2.12. The summed E-state index contributed by atoms with van der Waals surface area (Å²) in [6, 6.07) is 0.995. The molecule has 1 aromatic heterocycles. The molecule has 6 nitrogen and oxygen atoms in total. The first-order valence-electron chi connectivity index (χ1n) is 5.18. The van der Waals surface area contributed by atoms with Crippen molar-refractivity contribution in [1.29, 1.82) is 0 Å². The molecule has 0 saturated carbocycles. The summed E-state index contributed by atoms with van der Waals surface area (Å²) >= 11 is 5.88. The number of allylic oxidation sites excluding steroid dienone is 1. The van der Waals surface area contributed by atoms with Gasteiger partial charge in [0.25, 0.3) is 5.91 Å². The monoisotopic (exact) mass is 265 g/mol. The van der Waals surface area contributed by atoms with Crippen LogP contribution in [0.4, 0.5) is 4.79 Å². The fraction of sp³-hybridized carbons (Fsp3) is 0.182. The fourth-order valence-corrected chi connectivity index (χ4v) is 2.27. The van der Waals surface area contributed by atoms with Crippen LogP contribution in [-0.2, 0) is 10.3 Å². The van der Waals surface area contributed by atoms with Gasteiger partial charge >= 0.3 is 6.03 Å². The van der Waals surface area contributed by atoms with Crippen LogP contribution in [0.1, 0.15) is 12.5 Å². The number of hydrogen-bond donors (Lipinski definition) is 2. The molecule has 3 heterocycles. The van der Waals surface area contributed by atoms with Crippen LogP contribution < -0.4 is 15.4 Å². The van der Waals surface area contributed by atoms with Gasteiger partial charge in [0.05, 0.1) is 10.6 Å². The van der Waals surface area contributed by atoms with Crippen molar-refractivity contribution in [1.82, 2.24) is 15.6 Å². The van der Waals surface area contributed by atoms with Crippen LogP contribution in [0.25, 0.3) is 0 Å². The second-order valence-electron chi connectivity index (χ2n) is 4.08. The van der Waals surface area contributed by atoms with Crippen molar-refractivity contribution in [3.05, 3.63) is 34.7 Å². The lowest BCUT2D eigenvalue weighted by molar-refractivity contribution is -0.122. The van der Waals surface area contributed by atoms with E-state index < -0.39 is 17.5 Å². The standard InChI is InChI=1S/C11H8ClN3O3/c1-5-3-11(9(16)14-10(17)15-11)7-2-6(12)4-13-8(7)18-5/h2-4H,1H3,(H2,14,15,16,17). The number of halogens is 1. The van der Waals surface area contributed by atoms with Crippen LogP contribution in [0.3, 0.4) is 0 Å². The van der Waals surface area contributed by atoms with Gasteiger partial charge in [-0.2, -0.15) is 0 Å². The molecular formula is C11H8ClN3O3. The Hall–Kier alpha value is -2.08. The Bertz CT molecular complexity index is 614. The molecule has 7 heteroatoms. The summed E-state index contributed by atoms with van der Waals surface area (Å²) in [5.74, 6) is 0.270. The highest BCUT2D eigenvalue weighted by atomic mass is 35.5. The molecule has 1 atom stereocenters. The molecule has 2 aliphatic rings. The van der Waals surface area contributed by atoms with E-state index >= 15 is 0 Å². The SMILES string of the molecule is CC1=CC2(NC(=O)NC2=O)c2cc(Cl)cnc2O1. The summed E-state index contributed by atoms with van der Waals surface area (Å²) in [4.78, 5) is 27.4. The molecule has 3 amide bonds. The Morgan fingerprint density at radius 2 is 2.22 bits per heavy atom. The van der Waals surface area contributed by atoms with Crippen LogP contribution in [0.2, 0.25) is 5.02 Å². The number of ether oxygens (including phenoxy) is 1. The molecule has 1 spiro atoms. The number of carbonyl (C=O) groups is 2. The molecule has 2 N–H and O–H groups in total. The second kappa shape index (κ2) is 3.46. The minimum atomic E-state index is -1.29. The number of hydrogen-bond acceptors (Lipinski definition) is 4. The van der Waals surface area contributed by atoms with Crippen LogP contribution in [0.5, 0.6) is 5.88 Å². The van der Waals surface area contributed by atoms with Crippen molar-refractivity contribution in [3.8, 4) is 5.88 Å².